The summed E-state index contributed by atoms with van der Waals surface area (Å²) in [6.07, 6.45) is -1.08. The fourth-order valence-corrected chi connectivity index (χ4v) is 4.02. The topological polar surface area (TPSA) is 77.7 Å². The van der Waals surface area contributed by atoms with Crippen LogP contribution < -0.4 is 10.2 Å². The molecule has 0 aliphatic carbocycles. The summed E-state index contributed by atoms with van der Waals surface area (Å²) in [4.78, 5) is 14.4. The number of nitriles is 1. The second-order valence-electron chi connectivity index (χ2n) is 7.43. The Kier molecular flexibility index (Phi) is 6.02. The van der Waals surface area contributed by atoms with Crippen LogP contribution in [0.5, 0.6) is 0 Å². The molecule has 0 unspecified atom stereocenters. The number of nitrogens with one attached hydrogen (secondary N) is 1. The van der Waals surface area contributed by atoms with E-state index in [-0.39, 0.29) is 6.04 Å². The number of aromatic nitrogens is 3. The van der Waals surface area contributed by atoms with Gasteiger partial charge in [-0.05, 0) is 36.8 Å². The van der Waals surface area contributed by atoms with E-state index in [2.05, 4.69) is 47.2 Å². The van der Waals surface area contributed by atoms with E-state index in [1.165, 1.54) is 18.6 Å². The predicted octanol–water partition coefficient (Wildman–Crippen LogP) is 5.26. The third-order valence-electron chi connectivity index (χ3n) is 5.35. The maximum Gasteiger partial charge on any atom is 0.433 e. The van der Waals surface area contributed by atoms with Crippen molar-refractivity contribution in [3.05, 3.63) is 75.4 Å². The lowest BCUT2D eigenvalue weighted by molar-refractivity contribution is -0.141. The Morgan fingerprint density at radius 3 is 2.69 bits per heavy atom. The maximum atomic E-state index is 12.8. The zero-order valence-electron chi connectivity index (χ0n) is 17.0. The first-order chi connectivity index (χ1) is 15.3. The molecule has 0 saturated carbocycles. The molecule has 0 radical (unpaired) electrons. The molecule has 1 atom stereocenters. The average Bonchev–Trinajstić information content (AvgIpc) is 2.78. The molecule has 32 heavy (non-hydrogen) atoms. The summed E-state index contributed by atoms with van der Waals surface area (Å²) in [6.45, 7) is 3.05. The SMILES string of the molecule is C[C@@H](Nc1ncnc2c1CN(c1ccc(Br)cc1C#N)CC2)c1ccc(C(F)(F)F)nc1. The van der Waals surface area contributed by atoms with Crippen LogP contribution in [0.1, 0.15) is 41.0 Å². The Morgan fingerprint density at radius 2 is 2.00 bits per heavy atom. The highest BCUT2D eigenvalue weighted by molar-refractivity contribution is 9.10. The van der Waals surface area contributed by atoms with Crippen molar-refractivity contribution in [3.8, 4) is 6.07 Å². The standard InChI is InChI=1S/C22H18BrF3N6/c1-13(14-2-5-20(28-10-14)22(24,25)26)31-21-17-11-32(7-6-18(17)29-12-30-21)19-4-3-16(23)8-15(19)9-27/h2-5,8,10,12-13H,6-7,11H2,1H3,(H,29,30,31)/t13-/m1/s1. The van der Waals surface area contributed by atoms with Crippen molar-refractivity contribution in [2.24, 2.45) is 0 Å². The van der Waals surface area contributed by atoms with Crippen molar-refractivity contribution >= 4 is 27.4 Å². The summed E-state index contributed by atoms with van der Waals surface area (Å²) in [6, 6.07) is 9.88. The molecule has 4 rings (SSSR count). The summed E-state index contributed by atoms with van der Waals surface area (Å²) < 4.78 is 39.2. The highest BCUT2D eigenvalue weighted by atomic mass is 79.9. The van der Waals surface area contributed by atoms with Gasteiger partial charge in [-0.3, -0.25) is 4.98 Å². The van der Waals surface area contributed by atoms with Crippen LogP contribution in [-0.4, -0.2) is 21.5 Å². The minimum absolute atomic E-state index is 0.318. The molecule has 3 aromatic rings. The number of hydrogen-bond donors (Lipinski definition) is 1. The minimum Gasteiger partial charge on any atom is -0.366 e. The van der Waals surface area contributed by atoms with E-state index in [1.807, 2.05) is 19.1 Å². The number of rotatable bonds is 4. The highest BCUT2D eigenvalue weighted by Gasteiger charge is 2.32. The molecule has 3 heterocycles. The lowest BCUT2D eigenvalue weighted by atomic mass is 10.0. The number of anilines is 2. The largest absolute Gasteiger partial charge is 0.433 e. The van der Waals surface area contributed by atoms with Crippen molar-refractivity contribution in [2.75, 3.05) is 16.8 Å². The normalized spacial score (nSPS) is 14.4. The quantitative estimate of drug-likeness (QED) is 0.524. The number of nitrogens with zero attached hydrogens (tertiary/aromatic N) is 5. The Bertz CT molecular complexity index is 1170. The van der Waals surface area contributed by atoms with E-state index >= 15 is 0 Å². The Morgan fingerprint density at radius 1 is 1.19 bits per heavy atom. The van der Waals surface area contributed by atoms with E-state index < -0.39 is 11.9 Å². The molecule has 0 amide bonds. The van der Waals surface area contributed by atoms with Crippen LogP contribution in [-0.2, 0) is 19.1 Å². The van der Waals surface area contributed by atoms with Gasteiger partial charge >= 0.3 is 6.18 Å². The molecular formula is C22H18BrF3N6. The average molecular weight is 503 g/mol. The number of benzene rings is 1. The molecule has 10 heteroatoms. The molecule has 6 nitrogen and oxygen atoms in total. The number of alkyl halides is 3. The van der Waals surface area contributed by atoms with Gasteiger partial charge in [0.2, 0.25) is 0 Å². The zero-order valence-corrected chi connectivity index (χ0v) is 18.6. The third-order valence-corrected chi connectivity index (χ3v) is 5.85. The van der Waals surface area contributed by atoms with Gasteiger partial charge in [-0.2, -0.15) is 18.4 Å². The number of pyridine rings is 1. The maximum absolute atomic E-state index is 12.8. The van der Waals surface area contributed by atoms with Crippen LogP contribution in [0.25, 0.3) is 0 Å². The zero-order chi connectivity index (χ0) is 22.9. The van der Waals surface area contributed by atoms with Gasteiger partial charge in [-0.25, -0.2) is 9.97 Å². The summed E-state index contributed by atoms with van der Waals surface area (Å²) in [5.41, 5.74) is 2.89. The van der Waals surface area contributed by atoms with Crippen molar-refractivity contribution in [1.29, 1.82) is 5.26 Å². The molecule has 0 saturated heterocycles. The summed E-state index contributed by atoms with van der Waals surface area (Å²) in [5.74, 6) is 0.614. The third kappa shape index (κ3) is 4.53. The first kappa shape index (κ1) is 22.0. The molecule has 1 N–H and O–H groups in total. The Labute approximate surface area is 191 Å². The monoisotopic (exact) mass is 502 g/mol. The Hall–Kier alpha value is -3.19. The minimum atomic E-state index is -4.47. The molecule has 0 spiro atoms. The van der Waals surface area contributed by atoms with Crippen molar-refractivity contribution in [3.63, 3.8) is 0 Å². The van der Waals surface area contributed by atoms with E-state index in [9.17, 15) is 18.4 Å². The van der Waals surface area contributed by atoms with Gasteiger partial charge in [0.15, 0.2) is 0 Å². The molecule has 0 fully saturated rings. The first-order valence-corrected chi connectivity index (χ1v) is 10.6. The number of fused-ring (bicyclic) bond motifs is 1. The molecule has 164 valence electrons. The van der Waals surface area contributed by atoms with Crippen LogP contribution in [0.2, 0.25) is 0 Å². The van der Waals surface area contributed by atoms with Crippen LogP contribution in [0.4, 0.5) is 24.7 Å². The van der Waals surface area contributed by atoms with Crippen molar-refractivity contribution < 1.29 is 13.2 Å². The van der Waals surface area contributed by atoms with E-state index in [0.717, 1.165) is 27.5 Å². The molecule has 1 aromatic carbocycles. The second kappa shape index (κ2) is 8.74. The molecule has 2 aromatic heterocycles. The highest BCUT2D eigenvalue weighted by Crippen LogP contribution is 2.32. The first-order valence-electron chi connectivity index (χ1n) is 9.83. The Balaban J connectivity index is 1.58. The second-order valence-corrected chi connectivity index (χ2v) is 8.35. The predicted molar refractivity (Wildman–Crippen MR) is 117 cm³/mol. The van der Waals surface area contributed by atoms with Crippen LogP contribution in [0.15, 0.2) is 47.3 Å². The van der Waals surface area contributed by atoms with Gasteiger partial charge in [0.1, 0.15) is 23.9 Å². The smallest absolute Gasteiger partial charge is 0.366 e. The van der Waals surface area contributed by atoms with Gasteiger partial charge in [0, 0.05) is 35.7 Å². The van der Waals surface area contributed by atoms with Crippen molar-refractivity contribution in [1.82, 2.24) is 15.0 Å². The van der Waals surface area contributed by atoms with Gasteiger partial charge in [-0.15, -0.1) is 0 Å². The summed E-state index contributed by atoms with van der Waals surface area (Å²) >= 11 is 3.40. The summed E-state index contributed by atoms with van der Waals surface area (Å²) in [5, 5.41) is 12.8. The molecule has 1 aliphatic heterocycles. The van der Waals surface area contributed by atoms with Gasteiger partial charge < -0.3 is 10.2 Å². The fourth-order valence-electron chi connectivity index (χ4n) is 3.66. The fraction of sp³-hybridized carbons (Fsp3) is 0.273. The van der Waals surface area contributed by atoms with Crippen molar-refractivity contribution in [2.45, 2.75) is 32.1 Å². The molecule has 1 aliphatic rings. The summed E-state index contributed by atoms with van der Waals surface area (Å²) in [7, 11) is 0. The number of halogens is 4. The van der Waals surface area contributed by atoms with Gasteiger partial charge in [0.25, 0.3) is 0 Å². The van der Waals surface area contributed by atoms with Crippen LogP contribution in [0.3, 0.4) is 0 Å². The van der Waals surface area contributed by atoms with E-state index in [1.54, 1.807) is 6.07 Å². The van der Waals surface area contributed by atoms with Gasteiger partial charge in [0.05, 0.1) is 23.0 Å². The van der Waals surface area contributed by atoms with E-state index in [4.69, 9.17) is 0 Å². The lowest BCUT2D eigenvalue weighted by Gasteiger charge is -2.32. The van der Waals surface area contributed by atoms with Gasteiger partial charge in [-0.1, -0.05) is 22.0 Å². The number of hydrogen-bond acceptors (Lipinski definition) is 6. The lowest BCUT2D eigenvalue weighted by Crippen LogP contribution is -2.32. The van der Waals surface area contributed by atoms with Crippen LogP contribution in [0, 0.1) is 11.3 Å². The van der Waals surface area contributed by atoms with Crippen LogP contribution >= 0.6 is 15.9 Å². The van der Waals surface area contributed by atoms with E-state index in [0.29, 0.717) is 36.5 Å². The molecular weight excluding hydrogens is 485 g/mol. The molecule has 0 bridgehead atoms.